The number of carbonyl (C=O) groups is 1. The first-order valence-corrected chi connectivity index (χ1v) is 17.0. The normalized spacial score (nSPS) is 29.9. The number of alkyl halides is 7. The molecule has 1 N–H and O–H groups in total. The van der Waals surface area contributed by atoms with Crippen LogP contribution in [0.15, 0.2) is 47.4 Å². The lowest BCUT2D eigenvalue weighted by Gasteiger charge is -2.58. The highest BCUT2D eigenvalue weighted by Crippen LogP contribution is 2.63. The van der Waals surface area contributed by atoms with E-state index in [1.165, 1.54) is 4.90 Å². The lowest BCUT2D eigenvalue weighted by molar-refractivity contribution is -0.348. The van der Waals surface area contributed by atoms with E-state index < -0.39 is 61.0 Å². The Bertz CT molecular complexity index is 1660. The molecule has 0 aromatic heterocycles. The Morgan fingerprint density at radius 2 is 1.40 bits per heavy atom. The van der Waals surface area contributed by atoms with Crippen molar-refractivity contribution in [1.82, 2.24) is 4.90 Å². The number of hydrogen-bond acceptors (Lipinski definition) is 4. The van der Waals surface area contributed by atoms with Gasteiger partial charge in [0.15, 0.2) is 9.84 Å². The van der Waals surface area contributed by atoms with Crippen molar-refractivity contribution in [1.29, 1.82) is 0 Å². The second-order valence-corrected chi connectivity index (χ2v) is 16.5. The quantitative estimate of drug-likeness (QED) is 0.261. The number of carbonyl (C=O) groups excluding carboxylic acids is 1. The van der Waals surface area contributed by atoms with Crippen LogP contribution >= 0.6 is 0 Å². The molecule has 0 unspecified atom stereocenters. The van der Waals surface area contributed by atoms with Gasteiger partial charge in [0.2, 0.25) is 5.91 Å². The Morgan fingerprint density at radius 1 is 0.851 bits per heavy atom. The minimum atomic E-state index is -6.35. The minimum Gasteiger partial charge on any atom is -0.390 e. The number of sulfone groups is 1. The van der Waals surface area contributed by atoms with Gasteiger partial charge in [-0.05, 0) is 112 Å². The van der Waals surface area contributed by atoms with E-state index in [0.29, 0.717) is 50.7 Å². The van der Waals surface area contributed by atoms with Crippen molar-refractivity contribution in [2.45, 2.75) is 111 Å². The molecule has 2 bridgehead atoms. The molecule has 5 aliphatic rings. The standard InChI is InChI=1S/C33H35F8NO4S/c1-27(2,44)29-14-11-28(12-15-29,13-16-29)26(43)42-18-17-30(47(45,46)23-7-5-22(34)6-8-23)24-9-4-21(19-20(24)3-10-25(30)42)31(35,32(36,37)38)33(39,40)41/h4-9,19,25,44H,3,10-18H2,1-2H3/t25-,28?,29?,30-/m1/s1. The molecule has 0 spiro atoms. The summed E-state index contributed by atoms with van der Waals surface area (Å²) in [4.78, 5) is 15.7. The number of likely N-dealkylation sites (tertiary alicyclic amines) is 1. The fourth-order valence-corrected chi connectivity index (χ4v) is 11.4. The summed E-state index contributed by atoms with van der Waals surface area (Å²) in [6.07, 6.45) is -10.1. The van der Waals surface area contributed by atoms with Gasteiger partial charge in [0, 0.05) is 17.5 Å². The Labute approximate surface area is 267 Å². The van der Waals surface area contributed by atoms with Crippen LogP contribution in [0.2, 0.25) is 0 Å². The van der Waals surface area contributed by atoms with Gasteiger partial charge < -0.3 is 10.0 Å². The lowest BCUT2D eigenvalue weighted by Crippen LogP contribution is -2.59. The maximum absolute atomic E-state index is 15.1. The molecule has 0 radical (unpaired) electrons. The van der Waals surface area contributed by atoms with Crippen LogP contribution < -0.4 is 0 Å². The average molecular weight is 694 g/mol. The van der Waals surface area contributed by atoms with Crippen molar-refractivity contribution in [3.63, 3.8) is 0 Å². The van der Waals surface area contributed by atoms with Crippen LogP contribution in [0.1, 0.15) is 81.9 Å². The van der Waals surface area contributed by atoms with Crippen LogP contribution in [-0.2, 0) is 31.5 Å². The van der Waals surface area contributed by atoms with Crippen LogP contribution in [0.4, 0.5) is 35.1 Å². The van der Waals surface area contributed by atoms with Crippen LogP contribution in [0.25, 0.3) is 0 Å². The van der Waals surface area contributed by atoms with Gasteiger partial charge in [0.1, 0.15) is 10.6 Å². The zero-order valence-corrected chi connectivity index (χ0v) is 26.6. The number of halogens is 8. The molecule has 4 fully saturated rings. The van der Waals surface area contributed by atoms with Gasteiger partial charge in [0.25, 0.3) is 0 Å². The van der Waals surface area contributed by atoms with Crippen molar-refractivity contribution in [2.24, 2.45) is 10.8 Å². The highest BCUT2D eigenvalue weighted by atomic mass is 32.2. The maximum Gasteiger partial charge on any atom is 0.435 e. The Hall–Kier alpha value is -2.74. The molecule has 258 valence electrons. The number of aryl methyl sites for hydroxylation is 1. The van der Waals surface area contributed by atoms with Gasteiger partial charge in [-0.1, -0.05) is 18.2 Å². The van der Waals surface area contributed by atoms with E-state index in [2.05, 4.69) is 0 Å². The largest absolute Gasteiger partial charge is 0.435 e. The highest BCUT2D eigenvalue weighted by molar-refractivity contribution is 7.92. The maximum atomic E-state index is 15.1. The Morgan fingerprint density at radius 3 is 1.91 bits per heavy atom. The number of benzene rings is 2. The average Bonchev–Trinajstić information content (AvgIpc) is 3.41. The van der Waals surface area contributed by atoms with Crippen LogP contribution in [0.3, 0.4) is 0 Å². The predicted octanol–water partition coefficient (Wildman–Crippen LogP) is 7.44. The van der Waals surface area contributed by atoms with Gasteiger partial charge in [0.05, 0.1) is 16.5 Å². The molecule has 7 rings (SSSR count). The third kappa shape index (κ3) is 4.62. The smallest absolute Gasteiger partial charge is 0.390 e. The van der Waals surface area contributed by atoms with Crippen molar-refractivity contribution >= 4 is 15.7 Å². The third-order valence-electron chi connectivity index (χ3n) is 11.9. The number of amides is 1. The fourth-order valence-electron chi connectivity index (χ4n) is 9.03. The molecule has 1 aliphatic heterocycles. The molecule has 14 heteroatoms. The van der Waals surface area contributed by atoms with Crippen molar-refractivity contribution in [3.8, 4) is 0 Å². The molecule has 2 aromatic rings. The molecule has 5 nitrogen and oxygen atoms in total. The van der Waals surface area contributed by atoms with E-state index in [0.717, 1.165) is 30.3 Å². The second-order valence-electron chi connectivity index (χ2n) is 14.3. The van der Waals surface area contributed by atoms with Gasteiger partial charge in [-0.25, -0.2) is 17.2 Å². The van der Waals surface area contributed by atoms with Crippen molar-refractivity contribution < 1.29 is 53.4 Å². The first-order chi connectivity index (χ1) is 21.6. The van der Waals surface area contributed by atoms with E-state index in [4.69, 9.17) is 0 Å². The molecule has 1 amide bonds. The zero-order valence-electron chi connectivity index (χ0n) is 25.7. The summed E-state index contributed by atoms with van der Waals surface area (Å²) in [5.41, 5.74) is -9.83. The highest BCUT2D eigenvalue weighted by Gasteiger charge is 2.74. The van der Waals surface area contributed by atoms with Crippen molar-refractivity contribution in [2.75, 3.05) is 6.54 Å². The predicted molar refractivity (Wildman–Crippen MR) is 154 cm³/mol. The number of nitrogens with zero attached hydrogens (tertiary/aromatic N) is 1. The van der Waals surface area contributed by atoms with E-state index in [1.54, 1.807) is 13.8 Å². The summed E-state index contributed by atoms with van der Waals surface area (Å²) in [6, 6.07) is 4.44. The third-order valence-corrected chi connectivity index (χ3v) is 14.5. The zero-order chi connectivity index (χ0) is 34.6. The second kappa shape index (κ2) is 10.4. The molecule has 1 saturated heterocycles. The first-order valence-electron chi connectivity index (χ1n) is 15.6. The summed E-state index contributed by atoms with van der Waals surface area (Å²) < 4.78 is 138. The number of fused-ring (bicyclic) bond motifs is 6. The molecule has 4 aliphatic carbocycles. The van der Waals surface area contributed by atoms with Crippen LogP contribution in [-0.4, -0.2) is 54.9 Å². The Balaban J connectivity index is 1.46. The molecule has 47 heavy (non-hydrogen) atoms. The van der Waals surface area contributed by atoms with E-state index in [1.807, 2.05) is 0 Å². The number of rotatable bonds is 5. The summed E-state index contributed by atoms with van der Waals surface area (Å²) in [6.45, 7) is 3.45. The number of hydrogen-bond donors (Lipinski definition) is 1. The van der Waals surface area contributed by atoms with Crippen molar-refractivity contribution in [3.05, 3.63) is 65.0 Å². The molecule has 2 aromatic carbocycles. The molecular formula is C33H35F8NO4S. The molecular weight excluding hydrogens is 658 g/mol. The van der Waals surface area contributed by atoms with Gasteiger partial charge in [-0.3, -0.25) is 4.79 Å². The molecule has 2 atom stereocenters. The SMILES string of the molecule is CC(C)(O)C12CCC(C(=O)N3CC[C@@]4(S(=O)(=O)c5ccc(F)cc5)c5ccc(C(F)(C(F)(F)F)C(F)(F)F)cc5CC[C@@H]34)(CC1)CC2. The van der Waals surface area contributed by atoms with Gasteiger partial charge in [-0.2, -0.15) is 26.3 Å². The minimum absolute atomic E-state index is 0.0539. The fraction of sp³-hybridized carbons (Fsp3) is 0.606. The topological polar surface area (TPSA) is 74.7 Å². The molecule has 1 heterocycles. The van der Waals surface area contributed by atoms with Crippen LogP contribution in [0.5, 0.6) is 0 Å². The molecule has 3 saturated carbocycles. The van der Waals surface area contributed by atoms with Crippen LogP contribution in [0, 0.1) is 16.6 Å². The van der Waals surface area contributed by atoms with Gasteiger partial charge in [-0.15, -0.1) is 0 Å². The number of aliphatic hydroxyl groups is 1. The Kier molecular flexibility index (Phi) is 7.54. The lowest BCUT2D eigenvalue weighted by atomic mass is 9.49. The van der Waals surface area contributed by atoms with E-state index in [9.17, 15) is 49.1 Å². The monoisotopic (exact) mass is 693 g/mol. The summed E-state index contributed by atoms with van der Waals surface area (Å²) in [7, 11) is -4.57. The summed E-state index contributed by atoms with van der Waals surface area (Å²) in [5, 5.41) is 10.9. The first kappa shape index (κ1) is 34.1. The van der Waals surface area contributed by atoms with E-state index in [-0.39, 0.29) is 53.2 Å². The summed E-state index contributed by atoms with van der Waals surface area (Å²) >= 11 is 0. The van der Waals surface area contributed by atoms with E-state index >= 15 is 4.39 Å². The summed E-state index contributed by atoms with van der Waals surface area (Å²) in [5.74, 6) is -0.996. The van der Waals surface area contributed by atoms with Gasteiger partial charge >= 0.3 is 18.0 Å².